The Kier molecular flexibility index (Phi) is 11.2. The molecular formula is C33H43N3O5S. The Hall–Kier alpha value is -3.85. The third kappa shape index (κ3) is 9.91. The van der Waals surface area contributed by atoms with Gasteiger partial charge in [-0.1, -0.05) is 60.2 Å². The molecule has 0 saturated heterocycles. The number of carbonyl (C=O) groups is 2. The summed E-state index contributed by atoms with van der Waals surface area (Å²) in [5, 5.41) is 3.06. The number of ether oxygens (including phenoxy) is 1. The molecule has 1 unspecified atom stereocenters. The Balaban J connectivity index is 1.88. The van der Waals surface area contributed by atoms with Gasteiger partial charge in [0.25, 0.3) is 0 Å². The fraction of sp³-hybridized carbons (Fsp3) is 0.394. The number of hydrogen-bond acceptors (Lipinski definition) is 5. The number of aryl methyl sites for hydroxylation is 1. The molecule has 3 aromatic carbocycles. The molecule has 0 bridgehead atoms. The van der Waals surface area contributed by atoms with Crippen LogP contribution >= 0.6 is 0 Å². The van der Waals surface area contributed by atoms with Crippen molar-refractivity contribution in [3.63, 3.8) is 0 Å². The largest absolute Gasteiger partial charge is 0.497 e. The number of hydrogen-bond donors (Lipinski definition) is 1. The van der Waals surface area contributed by atoms with Gasteiger partial charge >= 0.3 is 0 Å². The minimum atomic E-state index is -3.60. The second-order valence-corrected chi connectivity index (χ2v) is 13.5. The lowest BCUT2D eigenvalue weighted by atomic mass is 10.00. The summed E-state index contributed by atoms with van der Waals surface area (Å²) in [7, 11) is -2.05. The SMILES string of the molecule is COc1ccc(N(CCCC(=O)N(Cc2ccc(C)cc2)C(Cc2ccccc2)C(=O)NC(C)(C)C)S(C)(=O)=O)cc1. The molecule has 0 aromatic heterocycles. The van der Waals surface area contributed by atoms with Crippen molar-refractivity contribution in [1.82, 2.24) is 10.2 Å². The van der Waals surface area contributed by atoms with E-state index >= 15 is 0 Å². The molecule has 0 radical (unpaired) electrons. The number of benzene rings is 3. The molecule has 0 aliphatic rings. The van der Waals surface area contributed by atoms with Crippen LogP contribution in [0.25, 0.3) is 0 Å². The lowest BCUT2D eigenvalue weighted by Crippen LogP contribution is -2.54. The van der Waals surface area contributed by atoms with Gasteiger partial charge in [-0.15, -0.1) is 0 Å². The number of methoxy groups -OCH3 is 1. The molecule has 9 heteroatoms. The average molecular weight is 594 g/mol. The van der Waals surface area contributed by atoms with Crippen LogP contribution in [0, 0.1) is 6.92 Å². The minimum Gasteiger partial charge on any atom is -0.497 e. The van der Waals surface area contributed by atoms with Gasteiger partial charge in [-0.3, -0.25) is 13.9 Å². The smallest absolute Gasteiger partial charge is 0.243 e. The highest BCUT2D eigenvalue weighted by molar-refractivity contribution is 7.92. The van der Waals surface area contributed by atoms with E-state index in [4.69, 9.17) is 4.74 Å². The number of carbonyl (C=O) groups excluding carboxylic acids is 2. The van der Waals surface area contributed by atoms with Crippen LogP contribution in [0.5, 0.6) is 5.75 Å². The summed E-state index contributed by atoms with van der Waals surface area (Å²) in [4.78, 5) is 29.3. The quantitative estimate of drug-likeness (QED) is 0.297. The Morgan fingerprint density at radius 3 is 2.07 bits per heavy atom. The molecule has 0 spiro atoms. The molecule has 0 saturated carbocycles. The van der Waals surface area contributed by atoms with Crippen LogP contribution < -0.4 is 14.4 Å². The van der Waals surface area contributed by atoms with Crippen molar-refractivity contribution in [2.45, 2.75) is 65.1 Å². The highest BCUT2D eigenvalue weighted by Gasteiger charge is 2.32. The molecule has 0 heterocycles. The van der Waals surface area contributed by atoms with Gasteiger partial charge in [0.05, 0.1) is 19.1 Å². The van der Waals surface area contributed by atoms with Gasteiger partial charge < -0.3 is 15.0 Å². The zero-order chi connectivity index (χ0) is 30.9. The number of rotatable bonds is 13. The zero-order valence-corrected chi connectivity index (χ0v) is 26.3. The van der Waals surface area contributed by atoms with Crippen LogP contribution in [0.3, 0.4) is 0 Å². The molecule has 1 N–H and O–H groups in total. The Bertz CT molecular complexity index is 1420. The number of anilines is 1. The summed E-state index contributed by atoms with van der Waals surface area (Å²) in [6.45, 7) is 8.11. The number of nitrogens with one attached hydrogen (secondary N) is 1. The molecule has 2 amide bonds. The van der Waals surface area contributed by atoms with Crippen molar-refractivity contribution < 1.29 is 22.7 Å². The summed E-state index contributed by atoms with van der Waals surface area (Å²) in [5.74, 6) is 0.165. The summed E-state index contributed by atoms with van der Waals surface area (Å²) in [5.41, 5.74) is 2.96. The van der Waals surface area contributed by atoms with Crippen LogP contribution in [0.2, 0.25) is 0 Å². The Morgan fingerprint density at radius 1 is 0.905 bits per heavy atom. The topological polar surface area (TPSA) is 96.0 Å². The minimum absolute atomic E-state index is 0.0716. The maximum absolute atomic E-state index is 13.9. The van der Waals surface area contributed by atoms with Crippen molar-refractivity contribution in [1.29, 1.82) is 0 Å². The molecule has 0 aliphatic heterocycles. The van der Waals surface area contributed by atoms with Gasteiger partial charge in [-0.2, -0.15) is 0 Å². The highest BCUT2D eigenvalue weighted by Crippen LogP contribution is 2.23. The standard InChI is InChI=1S/C33H43N3O5S/c1-25-14-16-27(17-15-25)24-35(30(32(38)34-33(2,3)4)23-26-11-8-7-9-12-26)31(37)13-10-22-36(42(6,39)40)28-18-20-29(41-5)21-19-28/h7-9,11-12,14-21,30H,10,13,22-24H2,1-6H3,(H,34,38). The van der Waals surface area contributed by atoms with E-state index in [1.807, 2.05) is 82.3 Å². The monoisotopic (exact) mass is 593 g/mol. The Labute approximate surface area is 250 Å². The molecule has 8 nitrogen and oxygen atoms in total. The highest BCUT2D eigenvalue weighted by atomic mass is 32.2. The van der Waals surface area contributed by atoms with Crippen molar-refractivity contribution in [3.05, 3.63) is 95.6 Å². The predicted molar refractivity (Wildman–Crippen MR) is 168 cm³/mol. The van der Waals surface area contributed by atoms with Gasteiger partial charge in [-0.25, -0.2) is 8.42 Å². The molecule has 3 rings (SSSR count). The van der Waals surface area contributed by atoms with Crippen LogP contribution in [0.1, 0.15) is 50.3 Å². The fourth-order valence-electron chi connectivity index (χ4n) is 4.65. The molecule has 0 aliphatic carbocycles. The molecule has 1 atom stereocenters. The molecule has 3 aromatic rings. The molecular weight excluding hydrogens is 550 g/mol. The number of amides is 2. The van der Waals surface area contributed by atoms with E-state index in [9.17, 15) is 18.0 Å². The van der Waals surface area contributed by atoms with Crippen LogP contribution in [-0.2, 0) is 32.6 Å². The van der Waals surface area contributed by atoms with E-state index in [-0.39, 0.29) is 37.7 Å². The maximum atomic E-state index is 13.9. The van der Waals surface area contributed by atoms with E-state index in [1.165, 1.54) is 4.31 Å². The van der Waals surface area contributed by atoms with Crippen molar-refractivity contribution >= 4 is 27.5 Å². The third-order valence-electron chi connectivity index (χ3n) is 6.76. The summed E-state index contributed by atoms with van der Waals surface area (Å²) in [6, 6.07) is 23.5. The van der Waals surface area contributed by atoms with E-state index < -0.39 is 21.6 Å². The first-order valence-corrected chi connectivity index (χ1v) is 15.9. The average Bonchev–Trinajstić information content (AvgIpc) is 2.93. The first-order valence-electron chi connectivity index (χ1n) is 14.1. The van der Waals surface area contributed by atoms with Crippen LogP contribution in [-0.4, -0.2) is 56.6 Å². The first kappa shape index (κ1) is 32.7. The van der Waals surface area contributed by atoms with E-state index in [2.05, 4.69) is 5.32 Å². The molecule has 0 fully saturated rings. The van der Waals surface area contributed by atoms with Crippen LogP contribution in [0.4, 0.5) is 5.69 Å². The lowest BCUT2D eigenvalue weighted by molar-refractivity contribution is -0.142. The van der Waals surface area contributed by atoms with E-state index in [1.54, 1.807) is 36.3 Å². The molecule has 226 valence electrons. The third-order valence-corrected chi connectivity index (χ3v) is 7.95. The van der Waals surface area contributed by atoms with E-state index in [0.717, 1.165) is 22.9 Å². The van der Waals surface area contributed by atoms with Crippen molar-refractivity contribution in [2.75, 3.05) is 24.2 Å². The van der Waals surface area contributed by atoms with Crippen LogP contribution in [0.15, 0.2) is 78.9 Å². The summed E-state index contributed by atoms with van der Waals surface area (Å²) >= 11 is 0. The maximum Gasteiger partial charge on any atom is 0.243 e. The van der Waals surface area contributed by atoms with Gasteiger partial charge in [0.1, 0.15) is 11.8 Å². The second-order valence-electron chi connectivity index (χ2n) is 11.6. The van der Waals surface area contributed by atoms with Gasteiger partial charge in [0.2, 0.25) is 21.8 Å². The van der Waals surface area contributed by atoms with Gasteiger partial charge in [0.15, 0.2) is 0 Å². The number of nitrogens with zero attached hydrogens (tertiary/aromatic N) is 2. The van der Waals surface area contributed by atoms with Crippen molar-refractivity contribution in [3.8, 4) is 5.75 Å². The van der Waals surface area contributed by atoms with Gasteiger partial charge in [-0.05, 0) is 69.5 Å². The predicted octanol–water partition coefficient (Wildman–Crippen LogP) is 5.10. The first-order chi connectivity index (χ1) is 19.8. The normalized spacial score (nSPS) is 12.3. The van der Waals surface area contributed by atoms with E-state index in [0.29, 0.717) is 17.9 Å². The summed E-state index contributed by atoms with van der Waals surface area (Å²) < 4.78 is 31.8. The van der Waals surface area contributed by atoms with Gasteiger partial charge in [0, 0.05) is 31.5 Å². The summed E-state index contributed by atoms with van der Waals surface area (Å²) in [6.07, 6.45) is 1.85. The fourth-order valence-corrected chi connectivity index (χ4v) is 5.61. The lowest BCUT2D eigenvalue weighted by Gasteiger charge is -2.34. The van der Waals surface area contributed by atoms with Crippen molar-refractivity contribution in [2.24, 2.45) is 0 Å². The Morgan fingerprint density at radius 2 is 1.52 bits per heavy atom. The number of sulfonamides is 1. The zero-order valence-electron chi connectivity index (χ0n) is 25.5. The molecule has 42 heavy (non-hydrogen) atoms. The second kappa shape index (κ2) is 14.4.